The van der Waals surface area contributed by atoms with Gasteiger partial charge in [-0.1, -0.05) is 12.5 Å². The minimum Gasteiger partial charge on any atom is -0.298 e. The summed E-state index contributed by atoms with van der Waals surface area (Å²) < 4.78 is 0. The van der Waals surface area contributed by atoms with Gasteiger partial charge in [0.1, 0.15) is 0 Å². The Labute approximate surface area is 102 Å². The van der Waals surface area contributed by atoms with Crippen LogP contribution in [0.1, 0.15) is 24.8 Å². The zero-order chi connectivity index (χ0) is 11.4. The number of aromatic nitrogens is 1. The third kappa shape index (κ3) is 2.77. The largest absolute Gasteiger partial charge is 0.298 e. The molecular weight excluding hydrogens is 216 g/mol. The van der Waals surface area contributed by atoms with Crippen LogP contribution in [0.25, 0.3) is 0 Å². The van der Waals surface area contributed by atoms with Crippen LogP contribution in [-0.4, -0.2) is 34.5 Å². The van der Waals surface area contributed by atoms with E-state index < -0.39 is 0 Å². The summed E-state index contributed by atoms with van der Waals surface area (Å²) in [4.78, 5) is 6.66. The average molecular weight is 236 g/mol. The molecule has 1 aliphatic rings. The van der Waals surface area contributed by atoms with Crippen LogP contribution in [-0.2, 0) is 6.54 Å². The average Bonchev–Trinajstić information content (AvgIpc) is 2.78. The van der Waals surface area contributed by atoms with E-state index in [4.69, 9.17) is 0 Å². The number of hydrogen-bond donors (Lipinski definition) is 0. The highest BCUT2D eigenvalue weighted by molar-refractivity contribution is 7.99. The minimum absolute atomic E-state index is 0.746. The summed E-state index contributed by atoms with van der Waals surface area (Å²) in [6, 6.07) is 4.92. The Kier molecular flexibility index (Phi) is 4.24. The molecule has 0 bridgehead atoms. The number of rotatable bonds is 4. The van der Waals surface area contributed by atoms with Gasteiger partial charge < -0.3 is 0 Å². The monoisotopic (exact) mass is 236 g/mol. The zero-order valence-electron chi connectivity index (χ0n) is 10.1. The Balaban J connectivity index is 1.95. The smallest absolute Gasteiger partial charge is 0.0312 e. The first-order chi connectivity index (χ1) is 7.81. The van der Waals surface area contributed by atoms with Gasteiger partial charge in [-0.2, -0.15) is 11.8 Å². The predicted molar refractivity (Wildman–Crippen MR) is 70.6 cm³/mol. The molecular formula is C13H20N2S. The lowest BCUT2D eigenvalue weighted by atomic mass is 10.2. The van der Waals surface area contributed by atoms with Crippen molar-refractivity contribution >= 4 is 11.8 Å². The molecule has 2 rings (SSSR count). The Bertz CT molecular complexity index is 315. The molecule has 1 heterocycles. The van der Waals surface area contributed by atoms with Gasteiger partial charge in [0.2, 0.25) is 0 Å². The van der Waals surface area contributed by atoms with Gasteiger partial charge in [-0.25, -0.2) is 0 Å². The summed E-state index contributed by atoms with van der Waals surface area (Å²) in [6.07, 6.45) is 10.2. The zero-order valence-corrected chi connectivity index (χ0v) is 10.9. The second-order valence-electron chi connectivity index (χ2n) is 4.55. The second-order valence-corrected chi connectivity index (χ2v) is 5.63. The Morgan fingerprint density at radius 2 is 2.38 bits per heavy atom. The van der Waals surface area contributed by atoms with Gasteiger partial charge >= 0.3 is 0 Å². The molecule has 2 atom stereocenters. The molecule has 0 unspecified atom stereocenters. The molecule has 16 heavy (non-hydrogen) atoms. The van der Waals surface area contributed by atoms with Gasteiger partial charge in [0.15, 0.2) is 0 Å². The molecule has 1 aliphatic carbocycles. The fourth-order valence-corrected chi connectivity index (χ4v) is 3.64. The molecule has 0 amide bonds. The lowest BCUT2D eigenvalue weighted by Gasteiger charge is -2.28. The van der Waals surface area contributed by atoms with Gasteiger partial charge in [0.05, 0.1) is 0 Å². The third-order valence-corrected chi connectivity index (χ3v) is 4.60. The molecule has 1 aromatic heterocycles. The van der Waals surface area contributed by atoms with E-state index in [1.54, 1.807) is 0 Å². The van der Waals surface area contributed by atoms with E-state index >= 15 is 0 Å². The molecule has 0 aliphatic heterocycles. The van der Waals surface area contributed by atoms with E-state index in [0.717, 1.165) is 17.8 Å². The van der Waals surface area contributed by atoms with Crippen molar-refractivity contribution < 1.29 is 0 Å². The maximum absolute atomic E-state index is 4.17. The van der Waals surface area contributed by atoms with Crippen LogP contribution >= 0.6 is 11.8 Å². The molecule has 0 aromatic carbocycles. The molecule has 88 valence electrons. The van der Waals surface area contributed by atoms with Gasteiger partial charge in [0.25, 0.3) is 0 Å². The fourth-order valence-electron chi connectivity index (χ4n) is 2.58. The van der Waals surface area contributed by atoms with Crippen molar-refractivity contribution in [2.45, 2.75) is 37.1 Å². The molecule has 0 radical (unpaired) electrons. The van der Waals surface area contributed by atoms with Gasteiger partial charge in [-0.15, -0.1) is 0 Å². The SMILES string of the molecule is CS[C@@H]1CCC[C@@H]1N(C)Cc1cccnc1. The van der Waals surface area contributed by atoms with Crippen molar-refractivity contribution in [1.29, 1.82) is 0 Å². The van der Waals surface area contributed by atoms with Crippen LogP contribution in [0.15, 0.2) is 24.5 Å². The van der Waals surface area contributed by atoms with Crippen LogP contribution in [0.3, 0.4) is 0 Å². The van der Waals surface area contributed by atoms with Crippen LogP contribution in [0, 0.1) is 0 Å². The Hall–Kier alpha value is -0.540. The first kappa shape index (κ1) is 11.9. The summed E-state index contributed by atoms with van der Waals surface area (Å²) >= 11 is 2.02. The van der Waals surface area contributed by atoms with E-state index in [-0.39, 0.29) is 0 Å². The Morgan fingerprint density at radius 1 is 1.50 bits per heavy atom. The quantitative estimate of drug-likeness (QED) is 0.799. The maximum atomic E-state index is 4.17. The standard InChI is InChI=1S/C13H20N2S/c1-15(10-11-5-4-8-14-9-11)12-6-3-7-13(12)16-2/h4-5,8-9,12-13H,3,6-7,10H2,1-2H3/t12-,13+/m0/s1. The van der Waals surface area contributed by atoms with Crippen molar-refractivity contribution in [3.05, 3.63) is 30.1 Å². The highest BCUT2D eigenvalue weighted by Crippen LogP contribution is 2.32. The maximum Gasteiger partial charge on any atom is 0.0312 e. The van der Waals surface area contributed by atoms with Gasteiger partial charge in [-0.05, 0) is 37.8 Å². The molecule has 1 aromatic rings. The van der Waals surface area contributed by atoms with E-state index in [9.17, 15) is 0 Å². The van der Waals surface area contributed by atoms with Crippen molar-refractivity contribution in [2.24, 2.45) is 0 Å². The van der Waals surface area contributed by atoms with Crippen LogP contribution in [0.4, 0.5) is 0 Å². The van der Waals surface area contributed by atoms with Crippen molar-refractivity contribution in [3.63, 3.8) is 0 Å². The lowest BCUT2D eigenvalue weighted by Crippen LogP contribution is -2.35. The number of thioether (sulfide) groups is 1. The third-order valence-electron chi connectivity index (χ3n) is 3.44. The summed E-state index contributed by atoms with van der Waals surface area (Å²) in [5, 5.41) is 0.821. The van der Waals surface area contributed by atoms with E-state index in [1.807, 2.05) is 30.2 Å². The molecule has 1 fully saturated rings. The molecule has 0 spiro atoms. The van der Waals surface area contributed by atoms with E-state index in [2.05, 4.69) is 29.3 Å². The predicted octanol–water partition coefficient (Wildman–Crippen LogP) is 2.80. The summed E-state index contributed by atoms with van der Waals surface area (Å²) in [5.41, 5.74) is 1.32. The van der Waals surface area contributed by atoms with Crippen molar-refractivity contribution in [1.82, 2.24) is 9.88 Å². The highest BCUT2D eigenvalue weighted by atomic mass is 32.2. The summed E-state index contributed by atoms with van der Waals surface area (Å²) in [5.74, 6) is 0. The first-order valence-electron chi connectivity index (χ1n) is 5.93. The molecule has 2 nitrogen and oxygen atoms in total. The Morgan fingerprint density at radius 3 is 3.06 bits per heavy atom. The number of hydrogen-bond acceptors (Lipinski definition) is 3. The summed E-state index contributed by atoms with van der Waals surface area (Å²) in [6.45, 7) is 1.02. The van der Waals surface area contributed by atoms with E-state index in [0.29, 0.717) is 0 Å². The fraction of sp³-hybridized carbons (Fsp3) is 0.615. The molecule has 0 saturated heterocycles. The van der Waals surface area contributed by atoms with Gasteiger partial charge in [-0.3, -0.25) is 9.88 Å². The lowest BCUT2D eigenvalue weighted by molar-refractivity contribution is 0.241. The molecule has 1 saturated carbocycles. The number of pyridine rings is 1. The van der Waals surface area contributed by atoms with Crippen LogP contribution in [0.5, 0.6) is 0 Å². The van der Waals surface area contributed by atoms with Crippen LogP contribution < -0.4 is 0 Å². The topological polar surface area (TPSA) is 16.1 Å². The van der Waals surface area contributed by atoms with Crippen LogP contribution in [0.2, 0.25) is 0 Å². The minimum atomic E-state index is 0.746. The molecule has 0 N–H and O–H groups in total. The second kappa shape index (κ2) is 5.69. The normalized spacial score (nSPS) is 25.2. The molecule has 3 heteroatoms. The summed E-state index contributed by atoms with van der Waals surface area (Å²) in [7, 11) is 2.24. The van der Waals surface area contributed by atoms with Crippen molar-refractivity contribution in [2.75, 3.05) is 13.3 Å². The van der Waals surface area contributed by atoms with Crippen molar-refractivity contribution in [3.8, 4) is 0 Å². The van der Waals surface area contributed by atoms with Gasteiger partial charge in [0, 0.05) is 30.2 Å². The number of nitrogens with zero attached hydrogens (tertiary/aromatic N) is 2. The first-order valence-corrected chi connectivity index (χ1v) is 7.22. The van der Waals surface area contributed by atoms with E-state index in [1.165, 1.54) is 24.8 Å². The highest BCUT2D eigenvalue weighted by Gasteiger charge is 2.29.